The minimum atomic E-state index is -0.166. The van der Waals surface area contributed by atoms with Gasteiger partial charge in [0, 0.05) is 13.5 Å². The van der Waals surface area contributed by atoms with Crippen molar-refractivity contribution in [3.8, 4) is 0 Å². The third kappa shape index (κ3) is 35.0. The van der Waals surface area contributed by atoms with Gasteiger partial charge >= 0.3 is 5.97 Å². The van der Waals surface area contributed by atoms with Crippen LogP contribution in [-0.4, -0.2) is 24.3 Å². The van der Waals surface area contributed by atoms with Crippen molar-refractivity contribution in [1.29, 1.82) is 0 Å². The second kappa shape index (κ2) is 29.4. The topological polar surface area (TPSA) is 46.5 Å². The zero-order valence-electron chi connectivity index (χ0n) is 20.1. The van der Waals surface area contributed by atoms with Crippen LogP contribution in [0.15, 0.2) is 12.2 Å². The summed E-state index contributed by atoms with van der Waals surface area (Å²) >= 11 is 0. The summed E-state index contributed by atoms with van der Waals surface area (Å²) in [5, 5.41) is 8.57. The van der Waals surface area contributed by atoms with Crippen LogP contribution >= 0.6 is 0 Å². The third-order valence-electron chi connectivity index (χ3n) is 4.95. The van der Waals surface area contributed by atoms with Crippen LogP contribution in [0.5, 0.6) is 0 Å². The first-order chi connectivity index (χ1) is 14.2. The van der Waals surface area contributed by atoms with Crippen LogP contribution < -0.4 is 0 Å². The Kier molecular flexibility index (Phi) is 30.8. The molecule has 0 rings (SSSR count). The molecular formula is C26H52O3. The average Bonchev–Trinajstić information content (AvgIpc) is 2.71. The Morgan fingerprint density at radius 3 is 1.66 bits per heavy atom. The molecule has 0 aromatic carbocycles. The first kappa shape index (κ1) is 30.4. The molecule has 0 amide bonds. The molecule has 0 radical (unpaired) electrons. The fourth-order valence-electron chi connectivity index (χ4n) is 3.11. The number of hydrogen-bond acceptors (Lipinski definition) is 3. The summed E-state index contributed by atoms with van der Waals surface area (Å²) in [6.45, 7) is 6.88. The highest BCUT2D eigenvalue weighted by atomic mass is 16.5. The lowest BCUT2D eigenvalue weighted by molar-refractivity contribution is -0.141. The smallest absolute Gasteiger partial charge is 0.302 e. The van der Waals surface area contributed by atoms with E-state index in [9.17, 15) is 4.79 Å². The fraction of sp³-hybridized carbons (Fsp3) is 0.885. The molecular weight excluding hydrogens is 360 g/mol. The van der Waals surface area contributed by atoms with Crippen LogP contribution in [0.1, 0.15) is 136 Å². The van der Waals surface area contributed by atoms with Gasteiger partial charge < -0.3 is 9.84 Å². The molecule has 0 spiro atoms. The number of aliphatic hydroxyl groups is 1. The van der Waals surface area contributed by atoms with Gasteiger partial charge in [0.2, 0.25) is 0 Å². The Morgan fingerprint density at radius 2 is 1.14 bits per heavy atom. The summed E-state index contributed by atoms with van der Waals surface area (Å²) in [6.07, 6.45) is 27.5. The van der Waals surface area contributed by atoms with Crippen molar-refractivity contribution in [2.24, 2.45) is 0 Å². The number of carbonyl (C=O) groups excluding carboxylic acids is 1. The van der Waals surface area contributed by atoms with Crippen molar-refractivity contribution in [2.45, 2.75) is 136 Å². The van der Waals surface area contributed by atoms with E-state index in [1.54, 1.807) is 0 Å². The Morgan fingerprint density at radius 1 is 0.655 bits per heavy atom. The van der Waals surface area contributed by atoms with Crippen molar-refractivity contribution < 1.29 is 14.6 Å². The molecule has 174 valence electrons. The maximum atomic E-state index is 10.5. The monoisotopic (exact) mass is 412 g/mol. The Balaban J connectivity index is 0. The number of aliphatic hydroxyl groups excluding tert-OH is 1. The van der Waals surface area contributed by atoms with Gasteiger partial charge in [-0.2, -0.15) is 0 Å². The van der Waals surface area contributed by atoms with E-state index >= 15 is 0 Å². The van der Waals surface area contributed by atoms with Crippen LogP contribution in [0, 0.1) is 0 Å². The number of rotatable bonds is 20. The summed E-state index contributed by atoms with van der Waals surface area (Å²) in [7, 11) is 0. The third-order valence-corrected chi connectivity index (χ3v) is 4.95. The highest BCUT2D eigenvalue weighted by Crippen LogP contribution is 2.10. The summed E-state index contributed by atoms with van der Waals surface area (Å²) in [5.41, 5.74) is 0. The highest BCUT2D eigenvalue weighted by Gasteiger charge is 1.93. The molecule has 0 unspecified atom stereocenters. The van der Waals surface area contributed by atoms with Gasteiger partial charge in [0.1, 0.15) is 0 Å². The second-order valence-electron chi connectivity index (χ2n) is 8.06. The number of allylic oxidation sites excluding steroid dienone is 2. The predicted molar refractivity (Wildman–Crippen MR) is 127 cm³/mol. The van der Waals surface area contributed by atoms with E-state index in [0.717, 1.165) is 12.8 Å². The maximum Gasteiger partial charge on any atom is 0.302 e. The SMILES string of the molecule is CCC/C=C/CCCCCCCOC(C)=O.CCCCCCCCCCCCO. The second-order valence-corrected chi connectivity index (χ2v) is 8.06. The lowest BCUT2D eigenvalue weighted by atomic mass is 10.1. The number of carbonyl (C=O) groups is 1. The molecule has 0 aromatic rings. The quantitative estimate of drug-likeness (QED) is 0.125. The number of hydrogen-bond donors (Lipinski definition) is 1. The summed E-state index contributed by atoms with van der Waals surface area (Å²) in [5.74, 6) is -0.166. The van der Waals surface area contributed by atoms with Crippen molar-refractivity contribution in [2.75, 3.05) is 13.2 Å². The van der Waals surface area contributed by atoms with Gasteiger partial charge in [-0.3, -0.25) is 4.79 Å². The lowest BCUT2D eigenvalue weighted by Crippen LogP contribution is -1.99. The summed E-state index contributed by atoms with van der Waals surface area (Å²) in [6, 6.07) is 0. The lowest BCUT2D eigenvalue weighted by Gasteiger charge is -2.01. The van der Waals surface area contributed by atoms with Crippen LogP contribution in [0.25, 0.3) is 0 Å². The summed E-state index contributed by atoms with van der Waals surface area (Å²) in [4.78, 5) is 10.5. The molecule has 0 saturated carbocycles. The van der Waals surface area contributed by atoms with Crippen LogP contribution in [-0.2, 0) is 9.53 Å². The van der Waals surface area contributed by atoms with Crippen molar-refractivity contribution in [3.63, 3.8) is 0 Å². The van der Waals surface area contributed by atoms with E-state index in [0.29, 0.717) is 13.2 Å². The van der Waals surface area contributed by atoms with Gasteiger partial charge in [0.15, 0.2) is 0 Å². The van der Waals surface area contributed by atoms with Crippen molar-refractivity contribution in [3.05, 3.63) is 12.2 Å². The normalized spacial score (nSPS) is 10.8. The maximum absolute atomic E-state index is 10.5. The van der Waals surface area contributed by atoms with E-state index < -0.39 is 0 Å². The largest absolute Gasteiger partial charge is 0.466 e. The number of ether oxygens (including phenoxy) is 1. The first-order valence-corrected chi connectivity index (χ1v) is 12.6. The molecule has 0 bridgehead atoms. The van der Waals surface area contributed by atoms with Crippen molar-refractivity contribution >= 4 is 5.97 Å². The van der Waals surface area contributed by atoms with Crippen LogP contribution in [0.2, 0.25) is 0 Å². The number of esters is 1. The molecule has 0 saturated heterocycles. The van der Waals surface area contributed by atoms with Gasteiger partial charge in [-0.25, -0.2) is 0 Å². The van der Waals surface area contributed by atoms with E-state index in [4.69, 9.17) is 9.84 Å². The molecule has 0 aliphatic heterocycles. The standard InChI is InChI=1S/C14H26O2.C12H26O/c1-3-4-5-6-7-8-9-10-11-12-13-16-14(2)15;1-2-3-4-5-6-7-8-9-10-11-12-13/h5-6H,3-4,7-13H2,1-2H3;13H,2-12H2,1H3/b6-5+;. The molecule has 0 heterocycles. The molecule has 3 nitrogen and oxygen atoms in total. The van der Waals surface area contributed by atoms with Crippen LogP contribution in [0.3, 0.4) is 0 Å². The van der Waals surface area contributed by atoms with Gasteiger partial charge in [-0.05, 0) is 32.1 Å². The Bertz CT molecular complexity index is 316. The predicted octanol–water partition coefficient (Wildman–Crippen LogP) is 8.15. The summed E-state index contributed by atoms with van der Waals surface area (Å²) < 4.78 is 4.86. The highest BCUT2D eigenvalue weighted by molar-refractivity contribution is 5.65. The first-order valence-electron chi connectivity index (χ1n) is 12.6. The Hall–Kier alpha value is -0.830. The van der Waals surface area contributed by atoms with Gasteiger partial charge in [0.05, 0.1) is 6.61 Å². The fourth-order valence-corrected chi connectivity index (χ4v) is 3.11. The van der Waals surface area contributed by atoms with E-state index in [-0.39, 0.29) is 5.97 Å². The van der Waals surface area contributed by atoms with Gasteiger partial charge in [-0.15, -0.1) is 0 Å². The minimum absolute atomic E-state index is 0.166. The van der Waals surface area contributed by atoms with Crippen molar-refractivity contribution in [1.82, 2.24) is 0 Å². The molecule has 1 N–H and O–H groups in total. The molecule has 0 aromatic heterocycles. The molecule has 29 heavy (non-hydrogen) atoms. The molecule has 0 atom stereocenters. The van der Waals surface area contributed by atoms with E-state index in [1.807, 2.05) is 0 Å². The van der Waals surface area contributed by atoms with Gasteiger partial charge in [-0.1, -0.05) is 109 Å². The van der Waals surface area contributed by atoms with Crippen LogP contribution in [0.4, 0.5) is 0 Å². The van der Waals surface area contributed by atoms with E-state index in [1.165, 1.54) is 110 Å². The zero-order valence-corrected chi connectivity index (χ0v) is 20.1. The molecule has 3 heteroatoms. The number of unbranched alkanes of at least 4 members (excludes halogenated alkanes) is 15. The Labute approximate surface area is 182 Å². The molecule has 0 aliphatic rings. The molecule has 0 aliphatic carbocycles. The zero-order chi connectivity index (χ0) is 21.8. The molecule has 0 fully saturated rings. The van der Waals surface area contributed by atoms with E-state index in [2.05, 4.69) is 26.0 Å². The minimum Gasteiger partial charge on any atom is -0.466 e. The average molecular weight is 413 g/mol. The van der Waals surface area contributed by atoms with Gasteiger partial charge in [0.25, 0.3) is 0 Å².